The molecule has 0 spiro atoms. The van der Waals surface area contributed by atoms with E-state index in [-0.39, 0.29) is 5.91 Å². The highest BCUT2D eigenvalue weighted by molar-refractivity contribution is 5.76. The second-order valence-corrected chi connectivity index (χ2v) is 6.54. The van der Waals surface area contributed by atoms with Gasteiger partial charge in [-0.25, -0.2) is 0 Å². The van der Waals surface area contributed by atoms with Gasteiger partial charge in [0.15, 0.2) is 0 Å². The van der Waals surface area contributed by atoms with Crippen molar-refractivity contribution in [2.24, 2.45) is 17.6 Å². The van der Waals surface area contributed by atoms with Crippen molar-refractivity contribution in [1.29, 1.82) is 0 Å². The highest BCUT2D eigenvalue weighted by Gasteiger charge is 2.14. The molecule has 118 valence electrons. The zero-order valence-corrected chi connectivity index (χ0v) is 13.4. The first-order chi connectivity index (χ1) is 9.61. The zero-order chi connectivity index (χ0) is 14.8. The molecule has 0 aromatic carbocycles. The van der Waals surface area contributed by atoms with Crippen LogP contribution in [-0.2, 0) is 4.79 Å². The zero-order valence-electron chi connectivity index (χ0n) is 13.4. The molecule has 0 unspecified atom stereocenters. The van der Waals surface area contributed by atoms with E-state index >= 15 is 0 Å². The molecule has 1 aliphatic heterocycles. The highest BCUT2D eigenvalue weighted by Crippen LogP contribution is 2.14. The maximum Gasteiger partial charge on any atom is 0.220 e. The van der Waals surface area contributed by atoms with E-state index in [2.05, 4.69) is 24.1 Å². The molecule has 0 aromatic rings. The van der Waals surface area contributed by atoms with Crippen LogP contribution in [0, 0.1) is 11.8 Å². The molecule has 1 fully saturated rings. The number of rotatable bonds is 8. The largest absolute Gasteiger partial charge is 0.355 e. The van der Waals surface area contributed by atoms with Crippen LogP contribution in [0.25, 0.3) is 0 Å². The Morgan fingerprint density at radius 2 is 1.85 bits per heavy atom. The number of nitrogens with zero attached hydrogens (tertiary/aromatic N) is 1. The fourth-order valence-electron chi connectivity index (χ4n) is 2.98. The summed E-state index contributed by atoms with van der Waals surface area (Å²) in [6.07, 6.45) is 6.94. The summed E-state index contributed by atoms with van der Waals surface area (Å²) in [5.74, 6) is 1.09. The molecule has 0 bridgehead atoms. The van der Waals surface area contributed by atoms with Crippen LogP contribution >= 0.6 is 0 Å². The van der Waals surface area contributed by atoms with E-state index < -0.39 is 0 Å². The van der Waals surface area contributed by atoms with Gasteiger partial charge in [-0.3, -0.25) is 4.79 Å². The molecule has 1 rings (SSSR count). The first kappa shape index (κ1) is 17.4. The van der Waals surface area contributed by atoms with Crippen LogP contribution in [0.1, 0.15) is 52.4 Å². The monoisotopic (exact) mass is 283 g/mol. The Balaban J connectivity index is 2.15. The van der Waals surface area contributed by atoms with Crippen LogP contribution in [0.4, 0.5) is 0 Å². The van der Waals surface area contributed by atoms with Gasteiger partial charge in [0, 0.05) is 19.5 Å². The normalized spacial score (nSPS) is 18.8. The number of carbonyl (C=O) groups excluding carboxylic acids is 1. The topological polar surface area (TPSA) is 58.4 Å². The van der Waals surface area contributed by atoms with Crippen LogP contribution in [0.3, 0.4) is 0 Å². The third-order valence-corrected chi connectivity index (χ3v) is 4.06. The molecule has 4 heteroatoms. The van der Waals surface area contributed by atoms with E-state index in [0.717, 1.165) is 19.5 Å². The van der Waals surface area contributed by atoms with Crippen molar-refractivity contribution in [2.45, 2.75) is 52.4 Å². The van der Waals surface area contributed by atoms with Gasteiger partial charge in [0.2, 0.25) is 5.91 Å². The quantitative estimate of drug-likeness (QED) is 0.716. The number of hydrogen-bond donors (Lipinski definition) is 2. The van der Waals surface area contributed by atoms with Crippen LogP contribution < -0.4 is 11.1 Å². The van der Waals surface area contributed by atoms with Gasteiger partial charge in [-0.15, -0.1) is 0 Å². The highest BCUT2D eigenvalue weighted by atomic mass is 16.1. The summed E-state index contributed by atoms with van der Waals surface area (Å²) in [4.78, 5) is 14.4. The number of nitrogens with two attached hydrogens (primary N) is 1. The molecule has 0 saturated carbocycles. The summed E-state index contributed by atoms with van der Waals surface area (Å²) in [6, 6.07) is 0. The summed E-state index contributed by atoms with van der Waals surface area (Å²) >= 11 is 0. The Kier molecular flexibility index (Phi) is 8.86. The maximum atomic E-state index is 11.9. The summed E-state index contributed by atoms with van der Waals surface area (Å²) in [7, 11) is 0. The van der Waals surface area contributed by atoms with E-state index in [1.54, 1.807) is 0 Å². The van der Waals surface area contributed by atoms with Crippen molar-refractivity contribution in [2.75, 3.05) is 32.7 Å². The maximum absolute atomic E-state index is 11.9. The van der Waals surface area contributed by atoms with Crippen LogP contribution in [0.5, 0.6) is 0 Å². The Hall–Kier alpha value is -0.610. The lowest BCUT2D eigenvalue weighted by molar-refractivity contribution is -0.122. The van der Waals surface area contributed by atoms with Gasteiger partial charge in [0.05, 0.1) is 0 Å². The van der Waals surface area contributed by atoms with E-state index in [0.29, 0.717) is 24.8 Å². The molecule has 1 heterocycles. The third kappa shape index (κ3) is 7.85. The molecule has 0 aliphatic carbocycles. The molecule has 1 aliphatic rings. The standard InChI is InChI=1S/C16H33N3O/c1-14(2)11-15(13-17)12-16(20)18-7-10-19-8-5-3-4-6-9-19/h14-15H,3-13,17H2,1-2H3,(H,18,20)/t15-/m0/s1. The van der Waals surface area contributed by atoms with Gasteiger partial charge in [-0.05, 0) is 50.7 Å². The summed E-state index contributed by atoms with van der Waals surface area (Å²) in [5, 5.41) is 3.05. The average molecular weight is 283 g/mol. The second kappa shape index (κ2) is 10.2. The molecule has 1 amide bonds. The van der Waals surface area contributed by atoms with Crippen molar-refractivity contribution >= 4 is 5.91 Å². The minimum atomic E-state index is 0.163. The molecule has 4 nitrogen and oxygen atoms in total. The smallest absolute Gasteiger partial charge is 0.220 e. The SMILES string of the molecule is CC(C)C[C@H](CN)CC(=O)NCCN1CCCCCC1. The molecular formula is C16H33N3O. The van der Waals surface area contributed by atoms with E-state index in [4.69, 9.17) is 5.73 Å². The molecule has 0 radical (unpaired) electrons. The number of amides is 1. The van der Waals surface area contributed by atoms with Gasteiger partial charge in [0.1, 0.15) is 0 Å². The lowest BCUT2D eigenvalue weighted by Crippen LogP contribution is -2.36. The van der Waals surface area contributed by atoms with Gasteiger partial charge < -0.3 is 16.0 Å². The van der Waals surface area contributed by atoms with Crippen LogP contribution in [0.15, 0.2) is 0 Å². The minimum Gasteiger partial charge on any atom is -0.355 e. The number of nitrogens with one attached hydrogen (secondary N) is 1. The van der Waals surface area contributed by atoms with Crippen molar-refractivity contribution in [3.63, 3.8) is 0 Å². The number of hydrogen-bond acceptors (Lipinski definition) is 3. The Morgan fingerprint density at radius 3 is 2.40 bits per heavy atom. The van der Waals surface area contributed by atoms with Crippen LogP contribution in [-0.4, -0.2) is 43.5 Å². The van der Waals surface area contributed by atoms with Crippen molar-refractivity contribution in [3.8, 4) is 0 Å². The van der Waals surface area contributed by atoms with Gasteiger partial charge in [-0.2, -0.15) is 0 Å². The van der Waals surface area contributed by atoms with E-state index in [1.165, 1.54) is 38.8 Å². The van der Waals surface area contributed by atoms with Crippen molar-refractivity contribution in [1.82, 2.24) is 10.2 Å². The van der Waals surface area contributed by atoms with E-state index in [9.17, 15) is 4.79 Å². The molecule has 20 heavy (non-hydrogen) atoms. The average Bonchev–Trinajstić information content (AvgIpc) is 2.66. The number of likely N-dealkylation sites (tertiary alicyclic amines) is 1. The minimum absolute atomic E-state index is 0.163. The summed E-state index contributed by atoms with van der Waals surface area (Å²) < 4.78 is 0. The predicted octanol–water partition coefficient (Wildman–Crippen LogP) is 1.99. The molecule has 0 aromatic heterocycles. The Labute approximate surface area is 124 Å². The lowest BCUT2D eigenvalue weighted by atomic mass is 9.94. The van der Waals surface area contributed by atoms with Gasteiger partial charge in [0.25, 0.3) is 0 Å². The number of carbonyl (C=O) groups is 1. The lowest BCUT2D eigenvalue weighted by Gasteiger charge is -2.20. The van der Waals surface area contributed by atoms with Crippen LogP contribution in [0.2, 0.25) is 0 Å². The van der Waals surface area contributed by atoms with Crippen molar-refractivity contribution in [3.05, 3.63) is 0 Å². The first-order valence-electron chi connectivity index (χ1n) is 8.31. The summed E-state index contributed by atoms with van der Waals surface area (Å²) in [5.41, 5.74) is 5.74. The fourth-order valence-corrected chi connectivity index (χ4v) is 2.98. The van der Waals surface area contributed by atoms with Crippen molar-refractivity contribution < 1.29 is 4.79 Å². The molecule has 3 N–H and O–H groups in total. The third-order valence-electron chi connectivity index (χ3n) is 4.06. The Bertz CT molecular complexity index is 260. The first-order valence-corrected chi connectivity index (χ1v) is 8.31. The molecule has 1 atom stereocenters. The molecule has 1 saturated heterocycles. The van der Waals surface area contributed by atoms with E-state index in [1.807, 2.05) is 0 Å². The van der Waals surface area contributed by atoms with Gasteiger partial charge >= 0.3 is 0 Å². The second-order valence-electron chi connectivity index (χ2n) is 6.54. The Morgan fingerprint density at radius 1 is 1.20 bits per heavy atom. The predicted molar refractivity (Wildman–Crippen MR) is 84.5 cm³/mol. The summed E-state index contributed by atoms with van der Waals surface area (Å²) in [6.45, 7) is 9.11. The molecular weight excluding hydrogens is 250 g/mol. The fraction of sp³-hybridized carbons (Fsp3) is 0.938. The van der Waals surface area contributed by atoms with Gasteiger partial charge in [-0.1, -0.05) is 26.7 Å².